The van der Waals surface area contributed by atoms with Crippen LogP contribution in [0.5, 0.6) is 5.75 Å². The van der Waals surface area contributed by atoms with E-state index in [9.17, 15) is 4.79 Å². The summed E-state index contributed by atoms with van der Waals surface area (Å²) in [5.41, 5.74) is 6.27. The summed E-state index contributed by atoms with van der Waals surface area (Å²) in [4.78, 5) is 11.1. The largest absolute Gasteiger partial charge is 0.492 e. The third-order valence-electron chi connectivity index (χ3n) is 3.33. The van der Waals surface area contributed by atoms with Crippen molar-refractivity contribution in [3.8, 4) is 5.75 Å². The SMILES string of the molecule is COCCCOc1cc(CC(NC(N)=O)C(C)C)ccc1Cl. The van der Waals surface area contributed by atoms with Crippen molar-refractivity contribution in [3.63, 3.8) is 0 Å². The lowest BCUT2D eigenvalue weighted by Gasteiger charge is -2.21. The minimum Gasteiger partial charge on any atom is -0.492 e. The molecule has 0 aliphatic carbocycles. The Morgan fingerprint density at radius 2 is 2.09 bits per heavy atom. The molecule has 1 aromatic rings. The third kappa shape index (κ3) is 6.54. The van der Waals surface area contributed by atoms with Gasteiger partial charge in [-0.05, 0) is 30.0 Å². The van der Waals surface area contributed by atoms with Crippen molar-refractivity contribution in [2.45, 2.75) is 32.7 Å². The topological polar surface area (TPSA) is 73.6 Å². The number of benzene rings is 1. The lowest BCUT2D eigenvalue weighted by molar-refractivity contribution is 0.172. The van der Waals surface area contributed by atoms with Crippen LogP contribution >= 0.6 is 11.6 Å². The minimum atomic E-state index is -0.510. The quantitative estimate of drug-likeness (QED) is 0.684. The van der Waals surface area contributed by atoms with Gasteiger partial charge >= 0.3 is 6.03 Å². The highest BCUT2D eigenvalue weighted by Crippen LogP contribution is 2.26. The van der Waals surface area contributed by atoms with Gasteiger partial charge in [-0.3, -0.25) is 0 Å². The number of nitrogens with two attached hydrogens (primary N) is 1. The second-order valence-corrected chi connectivity index (χ2v) is 5.93. The van der Waals surface area contributed by atoms with E-state index in [1.165, 1.54) is 0 Å². The van der Waals surface area contributed by atoms with Gasteiger partial charge in [0.25, 0.3) is 0 Å². The van der Waals surface area contributed by atoms with Crippen molar-refractivity contribution < 1.29 is 14.3 Å². The zero-order chi connectivity index (χ0) is 16.5. The average molecular weight is 329 g/mol. The van der Waals surface area contributed by atoms with Crippen LogP contribution in [0.15, 0.2) is 18.2 Å². The highest BCUT2D eigenvalue weighted by molar-refractivity contribution is 6.32. The number of hydrogen-bond donors (Lipinski definition) is 2. The number of rotatable bonds is 9. The first-order chi connectivity index (χ1) is 10.4. The van der Waals surface area contributed by atoms with E-state index in [-0.39, 0.29) is 12.0 Å². The number of ether oxygens (including phenoxy) is 2. The number of hydrogen-bond acceptors (Lipinski definition) is 3. The molecule has 0 aromatic heterocycles. The van der Waals surface area contributed by atoms with Crippen LogP contribution in [-0.2, 0) is 11.2 Å². The molecule has 0 radical (unpaired) electrons. The molecule has 0 spiro atoms. The maximum Gasteiger partial charge on any atom is 0.312 e. The number of methoxy groups -OCH3 is 1. The van der Waals surface area contributed by atoms with Crippen LogP contribution in [0.4, 0.5) is 4.79 Å². The number of urea groups is 1. The van der Waals surface area contributed by atoms with E-state index in [2.05, 4.69) is 5.32 Å². The predicted octanol–water partition coefficient (Wildman–Crippen LogP) is 2.99. The van der Waals surface area contributed by atoms with Crippen molar-refractivity contribution >= 4 is 17.6 Å². The van der Waals surface area contributed by atoms with Crippen molar-refractivity contribution in [1.82, 2.24) is 5.32 Å². The Kier molecular flexibility index (Phi) is 8.06. The van der Waals surface area contributed by atoms with Crippen LogP contribution in [0.1, 0.15) is 25.8 Å². The number of nitrogens with one attached hydrogen (secondary N) is 1. The molecule has 0 aliphatic rings. The summed E-state index contributed by atoms with van der Waals surface area (Å²) < 4.78 is 10.7. The first-order valence-electron chi connectivity index (χ1n) is 7.40. The average Bonchev–Trinajstić information content (AvgIpc) is 2.45. The molecule has 1 atom stereocenters. The zero-order valence-electron chi connectivity index (χ0n) is 13.4. The Morgan fingerprint density at radius 1 is 1.36 bits per heavy atom. The fourth-order valence-corrected chi connectivity index (χ4v) is 2.23. The van der Waals surface area contributed by atoms with E-state index in [1.807, 2.05) is 32.0 Å². The van der Waals surface area contributed by atoms with E-state index in [4.69, 9.17) is 26.8 Å². The monoisotopic (exact) mass is 328 g/mol. The lowest BCUT2D eigenvalue weighted by Crippen LogP contribution is -2.43. The highest BCUT2D eigenvalue weighted by Gasteiger charge is 2.16. The minimum absolute atomic E-state index is 0.0278. The van der Waals surface area contributed by atoms with Crippen molar-refractivity contribution in [3.05, 3.63) is 28.8 Å². The van der Waals surface area contributed by atoms with Crippen LogP contribution in [0.3, 0.4) is 0 Å². The standard InChI is InChI=1S/C16H25ClN2O3/c1-11(2)14(19-16(18)20)9-12-5-6-13(17)15(10-12)22-8-4-7-21-3/h5-6,10-11,14H,4,7-9H2,1-3H3,(H3,18,19,20). The summed E-state index contributed by atoms with van der Waals surface area (Å²) >= 11 is 6.15. The number of carbonyl (C=O) groups is 1. The summed E-state index contributed by atoms with van der Waals surface area (Å²) in [6.07, 6.45) is 1.47. The van der Waals surface area contributed by atoms with Gasteiger partial charge in [0.05, 0.1) is 11.6 Å². The van der Waals surface area contributed by atoms with E-state index in [0.717, 1.165) is 12.0 Å². The maximum absolute atomic E-state index is 11.1. The van der Waals surface area contributed by atoms with Gasteiger partial charge in [0, 0.05) is 26.2 Å². The zero-order valence-corrected chi connectivity index (χ0v) is 14.2. The normalized spacial score (nSPS) is 12.2. The molecule has 0 aliphatic heterocycles. The van der Waals surface area contributed by atoms with Gasteiger partial charge in [-0.2, -0.15) is 0 Å². The fraction of sp³-hybridized carbons (Fsp3) is 0.562. The third-order valence-corrected chi connectivity index (χ3v) is 3.65. The van der Waals surface area contributed by atoms with Crippen molar-refractivity contribution in [1.29, 1.82) is 0 Å². The number of amides is 2. The first kappa shape index (κ1) is 18.6. The summed E-state index contributed by atoms with van der Waals surface area (Å²) in [7, 11) is 1.66. The molecular formula is C16H25ClN2O3. The molecule has 6 heteroatoms. The molecule has 0 saturated carbocycles. The van der Waals surface area contributed by atoms with Crippen LogP contribution in [-0.4, -0.2) is 32.4 Å². The predicted molar refractivity (Wildman–Crippen MR) is 88.5 cm³/mol. The van der Waals surface area contributed by atoms with Crippen LogP contribution < -0.4 is 15.8 Å². The van der Waals surface area contributed by atoms with Gasteiger partial charge in [-0.25, -0.2) is 4.79 Å². The molecule has 3 N–H and O–H groups in total. The Bertz CT molecular complexity index is 480. The van der Waals surface area contributed by atoms with Crippen LogP contribution in [0, 0.1) is 5.92 Å². The number of carbonyl (C=O) groups excluding carboxylic acids is 1. The summed E-state index contributed by atoms with van der Waals surface area (Å²) in [5, 5.41) is 3.34. The molecule has 1 aromatic carbocycles. The van der Waals surface area contributed by atoms with Gasteiger partial charge in [0.2, 0.25) is 0 Å². The van der Waals surface area contributed by atoms with Crippen molar-refractivity contribution in [2.24, 2.45) is 11.7 Å². The summed E-state index contributed by atoms with van der Waals surface area (Å²) in [6, 6.07) is 5.11. The Morgan fingerprint density at radius 3 is 2.68 bits per heavy atom. The molecule has 2 amide bonds. The van der Waals surface area contributed by atoms with Gasteiger partial charge in [-0.1, -0.05) is 31.5 Å². The molecular weight excluding hydrogens is 304 g/mol. The van der Waals surface area contributed by atoms with E-state index < -0.39 is 6.03 Å². The number of halogens is 1. The van der Waals surface area contributed by atoms with Crippen molar-refractivity contribution in [2.75, 3.05) is 20.3 Å². The maximum atomic E-state index is 11.1. The molecule has 1 rings (SSSR count). The Balaban J connectivity index is 2.71. The van der Waals surface area contributed by atoms with Gasteiger partial charge in [-0.15, -0.1) is 0 Å². The Hall–Kier alpha value is -1.46. The molecule has 0 bridgehead atoms. The fourth-order valence-electron chi connectivity index (χ4n) is 2.06. The second kappa shape index (κ2) is 9.54. The highest BCUT2D eigenvalue weighted by atomic mass is 35.5. The summed E-state index contributed by atoms with van der Waals surface area (Å²) in [5.74, 6) is 0.922. The second-order valence-electron chi connectivity index (χ2n) is 5.52. The van der Waals surface area contributed by atoms with E-state index in [1.54, 1.807) is 7.11 Å². The van der Waals surface area contributed by atoms with Crippen LogP contribution in [0.25, 0.3) is 0 Å². The van der Waals surface area contributed by atoms with Crippen LogP contribution in [0.2, 0.25) is 5.02 Å². The first-order valence-corrected chi connectivity index (χ1v) is 7.78. The van der Waals surface area contributed by atoms with Gasteiger partial charge in [0.1, 0.15) is 5.75 Å². The molecule has 1 unspecified atom stereocenters. The molecule has 5 nitrogen and oxygen atoms in total. The Labute approximate surface area is 137 Å². The molecule has 124 valence electrons. The van der Waals surface area contributed by atoms with E-state index >= 15 is 0 Å². The molecule has 0 fully saturated rings. The smallest absolute Gasteiger partial charge is 0.312 e. The molecule has 22 heavy (non-hydrogen) atoms. The lowest BCUT2D eigenvalue weighted by atomic mass is 9.96. The molecule has 0 saturated heterocycles. The van der Waals surface area contributed by atoms with Gasteiger partial charge < -0.3 is 20.5 Å². The van der Waals surface area contributed by atoms with Gasteiger partial charge in [0.15, 0.2) is 0 Å². The van der Waals surface area contributed by atoms with E-state index in [0.29, 0.717) is 30.4 Å². The molecule has 0 heterocycles. The number of primary amides is 1. The summed E-state index contributed by atoms with van der Waals surface area (Å²) in [6.45, 7) is 5.27.